The molecule has 2 amide bonds. The van der Waals surface area contributed by atoms with Crippen LogP contribution in [0.25, 0.3) is 0 Å². The van der Waals surface area contributed by atoms with Crippen LogP contribution in [0.2, 0.25) is 0 Å². The lowest BCUT2D eigenvalue weighted by Gasteiger charge is -2.36. The Morgan fingerprint density at radius 2 is 2.00 bits per heavy atom. The van der Waals surface area contributed by atoms with Crippen LogP contribution in [0.5, 0.6) is 0 Å². The first kappa shape index (κ1) is 18.5. The number of carbonyl (C=O) groups is 2. The van der Waals surface area contributed by atoms with Gasteiger partial charge in [-0.05, 0) is 38.8 Å². The van der Waals surface area contributed by atoms with Gasteiger partial charge in [-0.25, -0.2) is 9.59 Å². The van der Waals surface area contributed by atoms with Gasteiger partial charge in [-0.1, -0.05) is 36.2 Å². The largest absolute Gasteiger partial charge is 0.466 e. The molecule has 1 fully saturated rings. The lowest BCUT2D eigenvalue weighted by molar-refractivity contribution is -0.136. The van der Waals surface area contributed by atoms with Crippen molar-refractivity contribution < 1.29 is 14.3 Å². The monoisotopic (exact) mass is 357 g/mol. The Morgan fingerprint density at radius 3 is 2.65 bits per heavy atom. The number of hydrogen-bond acceptors (Lipinski definition) is 4. The fraction of sp³-hybridized carbons (Fsp3) is 0.500. The minimum Gasteiger partial charge on any atom is -0.466 e. The number of nitrogens with one attached hydrogen (secondary N) is 2. The molecule has 2 aliphatic heterocycles. The molecule has 2 atom stereocenters. The predicted octanol–water partition coefficient (Wildman–Crippen LogP) is 2.65. The van der Waals surface area contributed by atoms with E-state index in [2.05, 4.69) is 22.5 Å². The smallest absolute Gasteiger partial charge is 0.338 e. The molecular weight excluding hydrogens is 330 g/mol. The molecule has 140 valence electrons. The number of esters is 1. The molecule has 0 unspecified atom stereocenters. The van der Waals surface area contributed by atoms with Gasteiger partial charge in [0.15, 0.2) is 0 Å². The number of ether oxygens (including phenoxy) is 1. The molecule has 0 aliphatic carbocycles. The zero-order valence-corrected chi connectivity index (χ0v) is 15.7. The zero-order chi connectivity index (χ0) is 18.7. The maximum absolute atomic E-state index is 12.6. The van der Waals surface area contributed by atoms with E-state index in [4.69, 9.17) is 4.74 Å². The number of hydrogen-bond donors (Lipinski definition) is 2. The average Bonchev–Trinajstić information content (AvgIpc) is 2.63. The normalized spacial score (nSPS) is 24.0. The van der Waals surface area contributed by atoms with Crippen molar-refractivity contribution in [2.45, 2.75) is 45.2 Å². The van der Waals surface area contributed by atoms with E-state index in [0.717, 1.165) is 30.5 Å². The van der Waals surface area contributed by atoms with Crippen LogP contribution < -0.4 is 10.6 Å². The number of rotatable bonds is 4. The molecule has 3 rings (SSSR count). The molecule has 0 aromatic heterocycles. The second-order valence-electron chi connectivity index (χ2n) is 7.14. The summed E-state index contributed by atoms with van der Waals surface area (Å²) in [6.45, 7) is 5.71. The molecule has 0 saturated carbocycles. The van der Waals surface area contributed by atoms with E-state index < -0.39 is 12.0 Å². The first-order valence-electron chi connectivity index (χ1n) is 9.19. The number of likely N-dealkylation sites (tertiary alicyclic amines) is 1. The van der Waals surface area contributed by atoms with Gasteiger partial charge in [0.05, 0.1) is 18.7 Å². The highest BCUT2D eigenvalue weighted by atomic mass is 16.5. The highest BCUT2D eigenvalue weighted by Gasteiger charge is 2.34. The van der Waals surface area contributed by atoms with Gasteiger partial charge in [0.1, 0.15) is 0 Å². The Bertz CT molecular complexity index is 712. The van der Waals surface area contributed by atoms with Crippen LogP contribution in [-0.2, 0) is 9.53 Å². The third kappa shape index (κ3) is 3.90. The molecule has 6 nitrogen and oxygen atoms in total. The van der Waals surface area contributed by atoms with Crippen LogP contribution in [0.15, 0.2) is 35.5 Å². The molecule has 0 spiro atoms. The van der Waals surface area contributed by atoms with Crippen molar-refractivity contribution in [2.75, 3.05) is 20.2 Å². The van der Waals surface area contributed by atoms with Crippen LogP contribution in [-0.4, -0.2) is 43.1 Å². The summed E-state index contributed by atoms with van der Waals surface area (Å²) in [5.74, 6) is -0.414. The Balaban J connectivity index is 1.98. The Morgan fingerprint density at radius 1 is 1.27 bits per heavy atom. The van der Waals surface area contributed by atoms with Crippen LogP contribution in [0.3, 0.4) is 0 Å². The molecule has 0 radical (unpaired) electrons. The maximum atomic E-state index is 12.6. The van der Waals surface area contributed by atoms with Gasteiger partial charge in [-0.15, -0.1) is 0 Å². The van der Waals surface area contributed by atoms with Crippen LogP contribution >= 0.6 is 0 Å². The molecule has 1 saturated heterocycles. The Hall–Kier alpha value is -2.34. The second kappa shape index (κ2) is 7.91. The van der Waals surface area contributed by atoms with Crippen molar-refractivity contribution in [2.24, 2.45) is 0 Å². The number of piperidine rings is 1. The fourth-order valence-corrected chi connectivity index (χ4v) is 3.70. The molecule has 0 bridgehead atoms. The lowest BCUT2D eigenvalue weighted by Crippen LogP contribution is -2.50. The summed E-state index contributed by atoms with van der Waals surface area (Å²) >= 11 is 0. The van der Waals surface area contributed by atoms with Crippen LogP contribution in [0.1, 0.15) is 43.4 Å². The molecule has 1 aromatic rings. The number of aryl methyl sites for hydroxylation is 1. The van der Waals surface area contributed by atoms with Crippen molar-refractivity contribution in [1.82, 2.24) is 15.5 Å². The van der Waals surface area contributed by atoms with E-state index in [0.29, 0.717) is 23.9 Å². The van der Waals surface area contributed by atoms with Crippen molar-refractivity contribution >= 4 is 12.0 Å². The van der Waals surface area contributed by atoms with E-state index in [-0.39, 0.29) is 6.03 Å². The van der Waals surface area contributed by atoms with Crippen molar-refractivity contribution in [3.05, 3.63) is 46.7 Å². The number of amides is 2. The van der Waals surface area contributed by atoms with Gasteiger partial charge in [-0.3, -0.25) is 4.90 Å². The summed E-state index contributed by atoms with van der Waals surface area (Å²) in [6, 6.07) is 7.47. The van der Waals surface area contributed by atoms with Gasteiger partial charge in [0.25, 0.3) is 0 Å². The van der Waals surface area contributed by atoms with Crippen molar-refractivity contribution in [3.8, 4) is 0 Å². The number of nitrogens with zero attached hydrogens (tertiary/aromatic N) is 1. The van der Waals surface area contributed by atoms with Gasteiger partial charge < -0.3 is 15.4 Å². The highest BCUT2D eigenvalue weighted by molar-refractivity contribution is 5.95. The van der Waals surface area contributed by atoms with E-state index in [1.54, 1.807) is 0 Å². The number of urea groups is 1. The minimum atomic E-state index is -0.508. The summed E-state index contributed by atoms with van der Waals surface area (Å²) in [6.07, 6.45) is 3.49. The molecular formula is C20H27N3O3. The highest BCUT2D eigenvalue weighted by Crippen LogP contribution is 2.29. The first-order valence-corrected chi connectivity index (χ1v) is 9.19. The van der Waals surface area contributed by atoms with Crippen LogP contribution in [0, 0.1) is 6.92 Å². The summed E-state index contributed by atoms with van der Waals surface area (Å²) < 4.78 is 5.04. The van der Waals surface area contributed by atoms with Gasteiger partial charge in [0.2, 0.25) is 0 Å². The summed E-state index contributed by atoms with van der Waals surface area (Å²) in [5.41, 5.74) is 3.11. The summed E-state index contributed by atoms with van der Waals surface area (Å²) in [7, 11) is 1.37. The average molecular weight is 357 g/mol. The number of methoxy groups -OCH3 is 1. The van der Waals surface area contributed by atoms with Crippen molar-refractivity contribution in [3.63, 3.8) is 0 Å². The second-order valence-corrected chi connectivity index (χ2v) is 7.14. The third-order valence-corrected chi connectivity index (χ3v) is 5.27. The molecule has 26 heavy (non-hydrogen) atoms. The number of carbonyl (C=O) groups excluding carboxylic acids is 2. The molecule has 1 aromatic carbocycles. The molecule has 2 heterocycles. The van der Waals surface area contributed by atoms with E-state index in [9.17, 15) is 9.59 Å². The first-order chi connectivity index (χ1) is 12.5. The van der Waals surface area contributed by atoms with E-state index in [1.165, 1.54) is 13.5 Å². The lowest BCUT2D eigenvalue weighted by atomic mass is 9.93. The quantitative estimate of drug-likeness (QED) is 0.813. The fourth-order valence-electron chi connectivity index (χ4n) is 3.70. The SMILES string of the molecule is COC(=O)C1=C(CN2CCCC[C@@H]2C)NC(=O)N[C@@H]1c1ccc(C)cc1. The molecule has 2 aliphatic rings. The Kier molecular flexibility index (Phi) is 5.61. The van der Waals surface area contributed by atoms with Gasteiger partial charge in [-0.2, -0.15) is 0 Å². The van der Waals surface area contributed by atoms with Crippen LogP contribution in [0.4, 0.5) is 4.79 Å². The van der Waals surface area contributed by atoms with E-state index >= 15 is 0 Å². The minimum absolute atomic E-state index is 0.289. The maximum Gasteiger partial charge on any atom is 0.338 e. The Labute approximate surface area is 154 Å². The van der Waals surface area contributed by atoms with Gasteiger partial charge >= 0.3 is 12.0 Å². The van der Waals surface area contributed by atoms with E-state index in [1.807, 2.05) is 31.2 Å². The summed E-state index contributed by atoms with van der Waals surface area (Å²) in [4.78, 5) is 27.2. The topological polar surface area (TPSA) is 70.7 Å². The van der Waals surface area contributed by atoms with Crippen molar-refractivity contribution in [1.29, 1.82) is 0 Å². The summed E-state index contributed by atoms with van der Waals surface area (Å²) in [5, 5.41) is 5.72. The molecule has 2 N–H and O–H groups in total. The molecule has 6 heteroatoms. The predicted molar refractivity (Wildman–Crippen MR) is 99.5 cm³/mol. The number of benzene rings is 1. The van der Waals surface area contributed by atoms with Gasteiger partial charge in [0, 0.05) is 18.3 Å². The third-order valence-electron chi connectivity index (χ3n) is 5.27. The zero-order valence-electron chi connectivity index (χ0n) is 15.7. The standard InChI is InChI=1S/C20H27N3O3/c1-13-7-9-15(10-8-13)18-17(19(24)26-3)16(21-20(25)22-18)12-23-11-5-4-6-14(23)2/h7-10,14,18H,4-6,11-12H2,1-3H3,(H2,21,22,25)/t14-,18+/m0/s1.